The van der Waals surface area contributed by atoms with Gasteiger partial charge < -0.3 is 15.4 Å². The SMILES string of the molecule is COc1ccc([C@H]2C[C@H](C(F)(F)F)n3nc(C(=O)Nc4cccc(Cl)c4)cc3N2)cc1. The van der Waals surface area contributed by atoms with Crippen molar-refractivity contribution in [1.29, 1.82) is 0 Å². The number of methoxy groups -OCH3 is 1. The summed E-state index contributed by atoms with van der Waals surface area (Å²) in [6.07, 6.45) is -4.80. The van der Waals surface area contributed by atoms with Crippen molar-refractivity contribution in [3.8, 4) is 5.75 Å². The number of halogens is 4. The maximum Gasteiger partial charge on any atom is 0.410 e. The van der Waals surface area contributed by atoms with Crippen LogP contribution in [0.5, 0.6) is 5.75 Å². The molecule has 1 amide bonds. The summed E-state index contributed by atoms with van der Waals surface area (Å²) in [4.78, 5) is 12.6. The number of nitrogens with zero attached hydrogens (tertiary/aromatic N) is 2. The van der Waals surface area contributed by atoms with Gasteiger partial charge in [0, 0.05) is 23.2 Å². The van der Waals surface area contributed by atoms with Gasteiger partial charge in [0.15, 0.2) is 11.7 Å². The van der Waals surface area contributed by atoms with E-state index in [2.05, 4.69) is 15.7 Å². The van der Waals surface area contributed by atoms with Gasteiger partial charge in [0.2, 0.25) is 0 Å². The van der Waals surface area contributed by atoms with E-state index in [4.69, 9.17) is 16.3 Å². The zero-order valence-corrected chi connectivity index (χ0v) is 17.0. The van der Waals surface area contributed by atoms with Crippen molar-refractivity contribution < 1.29 is 22.7 Å². The fourth-order valence-corrected chi connectivity index (χ4v) is 3.69. The number of nitrogens with one attached hydrogen (secondary N) is 2. The average Bonchev–Trinajstić information content (AvgIpc) is 3.16. The number of rotatable bonds is 4. The van der Waals surface area contributed by atoms with Crippen molar-refractivity contribution in [3.05, 3.63) is 70.9 Å². The number of ether oxygens (including phenoxy) is 1. The van der Waals surface area contributed by atoms with Crippen LogP contribution in [-0.4, -0.2) is 29.0 Å². The number of fused-ring (bicyclic) bond motifs is 1. The van der Waals surface area contributed by atoms with E-state index in [1.807, 2.05) is 0 Å². The molecular formula is C21H18ClF3N4O2. The first-order valence-corrected chi connectivity index (χ1v) is 9.76. The van der Waals surface area contributed by atoms with Gasteiger partial charge in [0.1, 0.15) is 11.6 Å². The average molecular weight is 451 g/mol. The Bertz CT molecular complexity index is 1100. The first-order valence-electron chi connectivity index (χ1n) is 9.38. The van der Waals surface area contributed by atoms with Gasteiger partial charge >= 0.3 is 6.18 Å². The second-order valence-corrected chi connectivity index (χ2v) is 7.52. The summed E-state index contributed by atoms with van der Waals surface area (Å²) in [6.45, 7) is 0. The molecule has 2 N–H and O–H groups in total. The topological polar surface area (TPSA) is 68.2 Å². The lowest BCUT2D eigenvalue weighted by Gasteiger charge is -2.33. The number of carbonyl (C=O) groups excluding carboxylic acids is 1. The number of anilines is 2. The summed E-state index contributed by atoms with van der Waals surface area (Å²) in [5.41, 5.74) is 0.958. The molecule has 2 heterocycles. The van der Waals surface area contributed by atoms with Crippen LogP contribution in [0.2, 0.25) is 5.02 Å². The summed E-state index contributed by atoms with van der Waals surface area (Å²) in [6, 6.07) is 12.1. The zero-order chi connectivity index (χ0) is 22.2. The Kier molecular flexibility index (Phi) is 5.53. The number of hydrogen-bond donors (Lipinski definition) is 2. The summed E-state index contributed by atoms with van der Waals surface area (Å²) >= 11 is 5.91. The zero-order valence-electron chi connectivity index (χ0n) is 16.3. The van der Waals surface area contributed by atoms with Crippen LogP contribution in [0.3, 0.4) is 0 Å². The number of benzene rings is 2. The molecule has 1 aromatic heterocycles. The molecule has 31 heavy (non-hydrogen) atoms. The van der Waals surface area contributed by atoms with Gasteiger partial charge in [-0.15, -0.1) is 0 Å². The highest BCUT2D eigenvalue weighted by Crippen LogP contribution is 2.43. The molecule has 6 nitrogen and oxygen atoms in total. The van der Waals surface area contributed by atoms with Crippen molar-refractivity contribution in [2.45, 2.75) is 24.7 Å². The van der Waals surface area contributed by atoms with E-state index in [0.29, 0.717) is 22.0 Å². The highest BCUT2D eigenvalue weighted by Gasteiger charge is 2.46. The van der Waals surface area contributed by atoms with Crippen LogP contribution in [-0.2, 0) is 0 Å². The van der Waals surface area contributed by atoms with Crippen LogP contribution < -0.4 is 15.4 Å². The summed E-state index contributed by atoms with van der Waals surface area (Å²) in [7, 11) is 1.52. The molecule has 4 rings (SSSR count). The standard InChI is InChI=1S/C21H18ClF3N4O2/c1-31-15-7-5-12(6-8-15)16-10-18(21(23,24)25)29-19(27-16)11-17(28-29)20(30)26-14-4-2-3-13(22)9-14/h2-9,11,16,18,27H,10H2,1H3,(H,26,30)/t16-,18-/m1/s1. The maximum atomic E-state index is 13.8. The summed E-state index contributed by atoms with van der Waals surface area (Å²) in [5, 5.41) is 10.0. The molecule has 0 saturated heterocycles. The van der Waals surface area contributed by atoms with E-state index in [0.717, 1.165) is 4.68 Å². The van der Waals surface area contributed by atoms with Crippen LogP contribution in [0, 0.1) is 0 Å². The van der Waals surface area contributed by atoms with E-state index < -0.39 is 24.2 Å². The van der Waals surface area contributed by atoms with Crippen LogP contribution in [0.1, 0.15) is 34.6 Å². The van der Waals surface area contributed by atoms with Crippen LogP contribution in [0.25, 0.3) is 0 Å². The van der Waals surface area contributed by atoms with Crippen LogP contribution in [0.4, 0.5) is 24.7 Å². The molecule has 1 aliphatic heterocycles. The Labute approximate surface area is 181 Å². The Morgan fingerprint density at radius 2 is 1.97 bits per heavy atom. The fourth-order valence-electron chi connectivity index (χ4n) is 3.50. The molecule has 0 saturated carbocycles. The maximum absolute atomic E-state index is 13.8. The van der Waals surface area contributed by atoms with E-state index in [1.54, 1.807) is 42.5 Å². The number of carbonyl (C=O) groups is 1. The van der Waals surface area contributed by atoms with Crippen molar-refractivity contribution in [1.82, 2.24) is 9.78 Å². The number of alkyl halides is 3. The molecule has 0 radical (unpaired) electrons. The predicted octanol–water partition coefficient (Wildman–Crippen LogP) is 5.46. The lowest BCUT2D eigenvalue weighted by atomic mass is 9.97. The van der Waals surface area contributed by atoms with Gasteiger partial charge in [-0.2, -0.15) is 18.3 Å². The first-order chi connectivity index (χ1) is 14.7. The third-order valence-electron chi connectivity index (χ3n) is 5.02. The van der Waals surface area contributed by atoms with Crippen LogP contribution >= 0.6 is 11.6 Å². The molecule has 10 heteroatoms. The van der Waals surface area contributed by atoms with E-state index in [9.17, 15) is 18.0 Å². The summed E-state index contributed by atoms with van der Waals surface area (Å²) < 4.78 is 47.3. The van der Waals surface area contributed by atoms with Crippen molar-refractivity contribution >= 4 is 29.0 Å². The molecule has 0 unspecified atom stereocenters. The van der Waals surface area contributed by atoms with Gasteiger partial charge in [-0.1, -0.05) is 29.8 Å². The largest absolute Gasteiger partial charge is 0.497 e. The normalized spacial score (nSPS) is 18.1. The van der Waals surface area contributed by atoms with Gasteiger partial charge in [-0.25, -0.2) is 4.68 Å². The van der Waals surface area contributed by atoms with Gasteiger partial charge in [0.25, 0.3) is 5.91 Å². The van der Waals surface area contributed by atoms with Crippen molar-refractivity contribution in [2.75, 3.05) is 17.7 Å². The predicted molar refractivity (Wildman–Crippen MR) is 111 cm³/mol. The minimum atomic E-state index is -4.53. The molecule has 162 valence electrons. The second-order valence-electron chi connectivity index (χ2n) is 7.09. The molecule has 1 aliphatic rings. The minimum Gasteiger partial charge on any atom is -0.497 e. The molecule has 0 aliphatic carbocycles. The fraction of sp³-hybridized carbons (Fsp3) is 0.238. The number of hydrogen-bond acceptors (Lipinski definition) is 4. The Morgan fingerprint density at radius 3 is 2.61 bits per heavy atom. The first kappa shape index (κ1) is 21.0. The lowest BCUT2D eigenvalue weighted by Crippen LogP contribution is -2.35. The van der Waals surface area contributed by atoms with E-state index >= 15 is 0 Å². The molecule has 2 aromatic carbocycles. The van der Waals surface area contributed by atoms with Crippen molar-refractivity contribution in [3.63, 3.8) is 0 Å². The molecule has 0 bridgehead atoms. The third-order valence-corrected chi connectivity index (χ3v) is 5.26. The van der Waals surface area contributed by atoms with E-state index in [-0.39, 0.29) is 17.9 Å². The quantitative estimate of drug-likeness (QED) is 0.554. The second kappa shape index (κ2) is 8.14. The number of amides is 1. The summed E-state index contributed by atoms with van der Waals surface area (Å²) in [5.74, 6) is 0.0930. The highest BCUT2D eigenvalue weighted by atomic mass is 35.5. The monoisotopic (exact) mass is 450 g/mol. The minimum absolute atomic E-state index is 0.116. The Balaban J connectivity index is 1.63. The Hall–Kier alpha value is -3.20. The third kappa shape index (κ3) is 4.46. The molecule has 0 fully saturated rings. The molecule has 2 atom stereocenters. The van der Waals surface area contributed by atoms with Gasteiger partial charge in [-0.3, -0.25) is 4.79 Å². The smallest absolute Gasteiger partial charge is 0.410 e. The van der Waals surface area contributed by atoms with Gasteiger partial charge in [0.05, 0.1) is 13.2 Å². The molecule has 0 spiro atoms. The van der Waals surface area contributed by atoms with Crippen molar-refractivity contribution in [2.24, 2.45) is 0 Å². The van der Waals surface area contributed by atoms with E-state index in [1.165, 1.54) is 19.2 Å². The molecular weight excluding hydrogens is 433 g/mol. The molecule has 3 aromatic rings. The lowest BCUT2D eigenvalue weighted by molar-refractivity contribution is -0.173. The van der Waals surface area contributed by atoms with Gasteiger partial charge in [-0.05, 0) is 35.9 Å². The number of aromatic nitrogens is 2. The highest BCUT2D eigenvalue weighted by molar-refractivity contribution is 6.30. The Morgan fingerprint density at radius 1 is 1.23 bits per heavy atom. The van der Waals surface area contributed by atoms with Crippen LogP contribution in [0.15, 0.2) is 54.6 Å².